The second-order valence-electron chi connectivity index (χ2n) is 4.02. The van der Waals surface area contributed by atoms with Gasteiger partial charge < -0.3 is 15.5 Å². The highest BCUT2D eigenvalue weighted by atomic mass is 16.4. The van der Waals surface area contributed by atoms with Crippen molar-refractivity contribution in [3.05, 3.63) is 0 Å². The van der Waals surface area contributed by atoms with Crippen molar-refractivity contribution in [1.29, 1.82) is 0 Å². The maximum Gasteiger partial charge on any atom is 0.304 e. The molecule has 0 radical (unpaired) electrons. The Labute approximate surface area is 102 Å². The van der Waals surface area contributed by atoms with E-state index in [9.17, 15) is 9.59 Å². The van der Waals surface area contributed by atoms with Gasteiger partial charge in [-0.15, -0.1) is 0 Å². The average Bonchev–Trinajstić information content (AvgIpc) is 2.25. The Hall–Kier alpha value is -1.14. The van der Waals surface area contributed by atoms with E-state index in [1.54, 1.807) is 4.90 Å². The van der Waals surface area contributed by atoms with Crippen molar-refractivity contribution in [3.63, 3.8) is 0 Å². The zero-order chi connectivity index (χ0) is 13.3. The Morgan fingerprint density at radius 1 is 1.35 bits per heavy atom. The maximum atomic E-state index is 11.6. The molecular weight excluding hydrogens is 224 g/mol. The third-order valence-corrected chi connectivity index (χ3v) is 2.45. The molecule has 0 aromatic heterocycles. The highest BCUT2D eigenvalue weighted by Crippen LogP contribution is 1.93. The number of amides is 1. The Balaban J connectivity index is 4.04. The number of carbonyl (C=O) groups is 2. The number of aliphatic hydroxyl groups is 1. The quantitative estimate of drug-likeness (QED) is 0.518. The first kappa shape index (κ1) is 15.9. The van der Waals surface area contributed by atoms with E-state index >= 15 is 0 Å². The van der Waals surface area contributed by atoms with Crippen LogP contribution in [0, 0.1) is 0 Å². The summed E-state index contributed by atoms with van der Waals surface area (Å²) in [4.78, 5) is 23.6. The van der Waals surface area contributed by atoms with Gasteiger partial charge >= 0.3 is 5.97 Å². The lowest BCUT2D eigenvalue weighted by atomic mass is 10.2. The number of aliphatic hydroxyl groups excluding tert-OH is 1. The smallest absolute Gasteiger partial charge is 0.304 e. The lowest BCUT2D eigenvalue weighted by molar-refractivity contribution is -0.137. The fraction of sp³-hybridized carbons (Fsp3) is 0.818. The van der Waals surface area contributed by atoms with Gasteiger partial charge in [0, 0.05) is 19.1 Å². The summed E-state index contributed by atoms with van der Waals surface area (Å²) < 4.78 is 0. The van der Waals surface area contributed by atoms with Gasteiger partial charge in [-0.2, -0.15) is 0 Å². The van der Waals surface area contributed by atoms with Gasteiger partial charge in [-0.25, -0.2) is 0 Å². The molecule has 0 saturated carbocycles. The number of aliphatic carboxylic acids is 1. The molecule has 6 heteroatoms. The van der Waals surface area contributed by atoms with Crippen LogP contribution in [0.4, 0.5) is 0 Å². The number of hydrogen-bond acceptors (Lipinski definition) is 4. The van der Waals surface area contributed by atoms with Crippen LogP contribution in [-0.4, -0.2) is 59.3 Å². The van der Waals surface area contributed by atoms with Crippen molar-refractivity contribution >= 4 is 11.9 Å². The van der Waals surface area contributed by atoms with Gasteiger partial charge in [-0.3, -0.25) is 14.5 Å². The third kappa shape index (κ3) is 8.65. The molecule has 1 amide bonds. The second-order valence-corrected chi connectivity index (χ2v) is 4.02. The number of carbonyl (C=O) groups excluding carboxylic acids is 1. The SMILES string of the molecule is CCC(C)NC(=O)CN(CCO)CCC(=O)O. The van der Waals surface area contributed by atoms with Gasteiger partial charge in [-0.05, 0) is 13.3 Å². The van der Waals surface area contributed by atoms with Gasteiger partial charge in [0.1, 0.15) is 0 Å². The topological polar surface area (TPSA) is 89.9 Å². The minimum Gasteiger partial charge on any atom is -0.481 e. The summed E-state index contributed by atoms with van der Waals surface area (Å²) in [6.07, 6.45) is 0.817. The zero-order valence-electron chi connectivity index (χ0n) is 10.5. The standard InChI is InChI=1S/C11H22N2O4/c1-3-9(2)12-10(15)8-13(6-7-14)5-4-11(16)17/h9,14H,3-8H2,1-2H3,(H,12,15)(H,16,17). The number of hydrogen-bond donors (Lipinski definition) is 3. The van der Waals surface area contributed by atoms with Crippen LogP contribution < -0.4 is 5.32 Å². The van der Waals surface area contributed by atoms with Crippen molar-refractivity contribution < 1.29 is 19.8 Å². The molecule has 0 heterocycles. The molecule has 0 aliphatic heterocycles. The Morgan fingerprint density at radius 2 is 2.00 bits per heavy atom. The van der Waals surface area contributed by atoms with Crippen molar-refractivity contribution in [3.8, 4) is 0 Å². The molecule has 0 aliphatic carbocycles. The van der Waals surface area contributed by atoms with Crippen LogP contribution in [-0.2, 0) is 9.59 Å². The van der Waals surface area contributed by atoms with Gasteiger partial charge in [0.2, 0.25) is 5.91 Å². The van der Waals surface area contributed by atoms with Gasteiger partial charge in [-0.1, -0.05) is 6.92 Å². The minimum absolute atomic E-state index is 0.0311. The Kier molecular flexibility index (Phi) is 8.35. The molecule has 0 spiro atoms. The monoisotopic (exact) mass is 246 g/mol. The van der Waals surface area contributed by atoms with Gasteiger partial charge in [0.05, 0.1) is 19.6 Å². The molecule has 0 rings (SSSR count). The normalized spacial score (nSPS) is 12.5. The molecule has 0 bridgehead atoms. The van der Waals surface area contributed by atoms with E-state index in [2.05, 4.69) is 5.32 Å². The van der Waals surface area contributed by atoms with Crippen molar-refractivity contribution in [1.82, 2.24) is 10.2 Å². The second kappa shape index (κ2) is 8.95. The predicted molar refractivity (Wildman–Crippen MR) is 63.7 cm³/mol. The first-order valence-corrected chi connectivity index (χ1v) is 5.84. The van der Waals surface area contributed by atoms with Gasteiger partial charge in [0.25, 0.3) is 0 Å². The summed E-state index contributed by atoms with van der Waals surface area (Å²) in [7, 11) is 0. The number of rotatable bonds is 9. The number of nitrogens with one attached hydrogen (secondary N) is 1. The molecule has 0 aliphatic rings. The number of carboxylic acids is 1. The maximum absolute atomic E-state index is 11.6. The number of carboxylic acid groups (broad SMARTS) is 1. The molecule has 0 fully saturated rings. The van der Waals surface area contributed by atoms with Crippen LogP contribution in [0.2, 0.25) is 0 Å². The summed E-state index contributed by atoms with van der Waals surface area (Å²) in [6.45, 7) is 4.49. The summed E-state index contributed by atoms with van der Waals surface area (Å²) in [5.41, 5.74) is 0. The predicted octanol–water partition coefficient (Wildman–Crippen LogP) is -0.330. The summed E-state index contributed by atoms with van der Waals surface area (Å²) in [6, 6.07) is 0.109. The Morgan fingerprint density at radius 3 is 2.47 bits per heavy atom. The average molecular weight is 246 g/mol. The fourth-order valence-corrected chi connectivity index (χ4v) is 1.29. The van der Waals surface area contributed by atoms with Crippen molar-refractivity contribution in [2.24, 2.45) is 0 Å². The van der Waals surface area contributed by atoms with Crippen molar-refractivity contribution in [2.75, 3.05) is 26.2 Å². The van der Waals surface area contributed by atoms with E-state index in [4.69, 9.17) is 10.2 Å². The van der Waals surface area contributed by atoms with Crippen LogP contribution >= 0.6 is 0 Å². The molecule has 1 atom stereocenters. The lowest BCUT2D eigenvalue weighted by Gasteiger charge is -2.21. The first-order valence-electron chi connectivity index (χ1n) is 5.84. The highest BCUT2D eigenvalue weighted by molar-refractivity contribution is 5.78. The number of nitrogens with zero attached hydrogens (tertiary/aromatic N) is 1. The van der Waals surface area contributed by atoms with Crippen LogP contribution in [0.1, 0.15) is 26.7 Å². The molecule has 0 aromatic rings. The van der Waals surface area contributed by atoms with Crippen molar-refractivity contribution in [2.45, 2.75) is 32.7 Å². The van der Waals surface area contributed by atoms with Crippen LogP contribution in [0.15, 0.2) is 0 Å². The van der Waals surface area contributed by atoms with Crippen LogP contribution in [0.3, 0.4) is 0 Å². The van der Waals surface area contributed by atoms with E-state index in [0.29, 0.717) is 6.54 Å². The molecule has 1 unspecified atom stereocenters. The molecule has 3 N–H and O–H groups in total. The van der Waals surface area contributed by atoms with Crippen LogP contribution in [0.5, 0.6) is 0 Å². The molecule has 0 saturated heterocycles. The molecule has 6 nitrogen and oxygen atoms in total. The summed E-state index contributed by atoms with van der Waals surface area (Å²) in [5.74, 6) is -1.05. The third-order valence-electron chi connectivity index (χ3n) is 2.45. The largest absolute Gasteiger partial charge is 0.481 e. The summed E-state index contributed by atoms with van der Waals surface area (Å²) in [5, 5.41) is 20.2. The Bertz CT molecular complexity index is 246. The fourth-order valence-electron chi connectivity index (χ4n) is 1.29. The van der Waals surface area contributed by atoms with E-state index < -0.39 is 5.97 Å². The molecule has 17 heavy (non-hydrogen) atoms. The minimum atomic E-state index is -0.907. The van der Waals surface area contributed by atoms with E-state index in [1.165, 1.54) is 0 Å². The van der Waals surface area contributed by atoms with Gasteiger partial charge in [0.15, 0.2) is 0 Å². The molecule has 0 aromatic carbocycles. The molecule has 100 valence electrons. The lowest BCUT2D eigenvalue weighted by Crippen LogP contribution is -2.42. The zero-order valence-corrected chi connectivity index (χ0v) is 10.5. The van der Waals surface area contributed by atoms with E-state index in [0.717, 1.165) is 6.42 Å². The van der Waals surface area contributed by atoms with E-state index in [-0.39, 0.29) is 38.1 Å². The van der Waals surface area contributed by atoms with E-state index in [1.807, 2.05) is 13.8 Å². The molecular formula is C11H22N2O4. The van der Waals surface area contributed by atoms with Crippen LogP contribution in [0.25, 0.3) is 0 Å². The summed E-state index contributed by atoms with van der Waals surface area (Å²) >= 11 is 0. The first-order chi connectivity index (χ1) is 7.99. The highest BCUT2D eigenvalue weighted by Gasteiger charge is 2.12.